The summed E-state index contributed by atoms with van der Waals surface area (Å²) >= 11 is 0. The Hall–Kier alpha value is -2.87. The lowest BCUT2D eigenvalue weighted by molar-refractivity contribution is 0.00317. The number of furan rings is 1. The highest BCUT2D eigenvalue weighted by atomic mass is 16.5. The number of H-pyrrole nitrogens is 1. The van der Waals surface area contributed by atoms with Crippen molar-refractivity contribution in [1.29, 1.82) is 0 Å². The Morgan fingerprint density at radius 1 is 1.32 bits per heavy atom. The van der Waals surface area contributed by atoms with E-state index in [-0.39, 0.29) is 40.9 Å². The number of aromatic amines is 1. The molecule has 3 aliphatic heterocycles. The number of nitrogens with one attached hydrogen (secondary N) is 2. The van der Waals surface area contributed by atoms with Crippen molar-refractivity contribution in [3.8, 4) is 0 Å². The van der Waals surface area contributed by atoms with Crippen LogP contribution in [0.3, 0.4) is 0 Å². The van der Waals surface area contributed by atoms with Crippen molar-refractivity contribution in [2.75, 3.05) is 19.6 Å². The number of rotatable bonds is 4. The van der Waals surface area contributed by atoms with E-state index in [1.165, 1.54) is 24.8 Å². The summed E-state index contributed by atoms with van der Waals surface area (Å²) in [5.41, 5.74) is 0.267. The van der Waals surface area contributed by atoms with E-state index >= 15 is 0 Å². The molecule has 2 aromatic rings. The summed E-state index contributed by atoms with van der Waals surface area (Å²) in [6.45, 7) is 1.62. The van der Waals surface area contributed by atoms with E-state index in [1.807, 2.05) is 0 Å². The monoisotopic (exact) mass is 383 g/mol. The number of carbonyl (C=O) groups excluding carboxylic acids is 2. The van der Waals surface area contributed by atoms with Crippen molar-refractivity contribution >= 4 is 11.8 Å². The Kier molecular flexibility index (Phi) is 3.90. The van der Waals surface area contributed by atoms with Gasteiger partial charge in [0.1, 0.15) is 6.26 Å². The summed E-state index contributed by atoms with van der Waals surface area (Å²) in [4.78, 5) is 41.0. The first-order valence-electron chi connectivity index (χ1n) is 9.52. The average Bonchev–Trinajstić information content (AvgIpc) is 3.46. The number of ether oxygens (including phenoxy) is 1. The summed E-state index contributed by atoms with van der Waals surface area (Å²) in [5.74, 6) is 0.0338. The predicted molar refractivity (Wildman–Crippen MR) is 97.8 cm³/mol. The van der Waals surface area contributed by atoms with E-state index in [2.05, 4.69) is 10.3 Å². The van der Waals surface area contributed by atoms with Crippen LogP contribution in [0.5, 0.6) is 0 Å². The molecular formula is C20H21N3O5. The first-order chi connectivity index (χ1) is 13.6. The SMILES string of the molecule is O=C(NC[C@H]1[C@H]2CN(C(=O)c3cc[nH]c(=O)c3)C[C@]23CC[C@H]1O3)c1ccoc1. The second-order valence-corrected chi connectivity index (χ2v) is 7.88. The zero-order valence-corrected chi connectivity index (χ0v) is 15.2. The molecule has 3 aliphatic rings. The number of aromatic nitrogens is 1. The highest BCUT2D eigenvalue weighted by Crippen LogP contribution is 2.54. The number of nitrogens with zero attached hydrogens (tertiary/aromatic N) is 1. The minimum atomic E-state index is -0.327. The van der Waals surface area contributed by atoms with Gasteiger partial charge in [-0.25, -0.2) is 0 Å². The Labute approximate surface area is 160 Å². The number of carbonyl (C=O) groups is 2. The van der Waals surface area contributed by atoms with Crippen molar-refractivity contribution in [3.05, 3.63) is 58.4 Å². The van der Waals surface area contributed by atoms with Crippen LogP contribution >= 0.6 is 0 Å². The fraction of sp³-hybridized carbons (Fsp3) is 0.450. The van der Waals surface area contributed by atoms with Gasteiger partial charge in [0.25, 0.3) is 11.8 Å². The Morgan fingerprint density at radius 2 is 2.21 bits per heavy atom. The smallest absolute Gasteiger partial charge is 0.254 e. The number of hydrogen-bond acceptors (Lipinski definition) is 5. The Morgan fingerprint density at radius 3 is 3.00 bits per heavy atom. The van der Waals surface area contributed by atoms with Gasteiger partial charge in [-0.15, -0.1) is 0 Å². The molecule has 2 N–H and O–H groups in total. The molecule has 1 spiro atoms. The molecular weight excluding hydrogens is 362 g/mol. The van der Waals surface area contributed by atoms with Gasteiger partial charge in [-0.3, -0.25) is 14.4 Å². The summed E-state index contributed by atoms with van der Waals surface area (Å²) in [7, 11) is 0. The molecule has 2 aromatic heterocycles. The lowest BCUT2D eigenvalue weighted by Crippen LogP contribution is -2.41. The predicted octanol–water partition coefficient (Wildman–Crippen LogP) is 1.02. The van der Waals surface area contributed by atoms with Gasteiger partial charge >= 0.3 is 0 Å². The van der Waals surface area contributed by atoms with Crippen molar-refractivity contribution in [2.24, 2.45) is 11.8 Å². The lowest BCUT2D eigenvalue weighted by atomic mass is 9.73. The van der Waals surface area contributed by atoms with Crippen LogP contribution in [0.15, 0.2) is 46.1 Å². The molecule has 146 valence electrons. The topological polar surface area (TPSA) is 105 Å². The Bertz CT molecular complexity index is 968. The zero-order chi connectivity index (χ0) is 19.3. The third-order valence-electron chi connectivity index (χ3n) is 6.37. The first kappa shape index (κ1) is 17.2. The van der Waals surface area contributed by atoms with Gasteiger partial charge in [-0.2, -0.15) is 0 Å². The van der Waals surface area contributed by atoms with Crippen LogP contribution in [0.1, 0.15) is 33.6 Å². The zero-order valence-electron chi connectivity index (χ0n) is 15.2. The highest BCUT2D eigenvalue weighted by Gasteiger charge is 2.63. The fourth-order valence-corrected chi connectivity index (χ4v) is 5.08. The first-order valence-corrected chi connectivity index (χ1v) is 9.52. The van der Waals surface area contributed by atoms with Crippen LogP contribution in [-0.4, -0.2) is 53.0 Å². The van der Waals surface area contributed by atoms with Gasteiger partial charge in [0.15, 0.2) is 0 Å². The molecule has 2 bridgehead atoms. The van der Waals surface area contributed by atoms with E-state index in [4.69, 9.17) is 9.15 Å². The maximum Gasteiger partial charge on any atom is 0.254 e. The molecule has 5 rings (SSSR count). The Balaban J connectivity index is 1.30. The number of likely N-dealkylation sites (tertiary alicyclic amines) is 1. The molecule has 5 heterocycles. The summed E-state index contributed by atoms with van der Waals surface area (Å²) < 4.78 is 11.3. The number of pyridine rings is 1. The summed E-state index contributed by atoms with van der Waals surface area (Å²) in [6.07, 6.45) is 6.36. The molecule has 28 heavy (non-hydrogen) atoms. The maximum atomic E-state index is 12.9. The largest absolute Gasteiger partial charge is 0.472 e. The van der Waals surface area contributed by atoms with Crippen LogP contribution in [0.25, 0.3) is 0 Å². The normalized spacial score (nSPS) is 30.4. The van der Waals surface area contributed by atoms with Gasteiger partial charge in [0.2, 0.25) is 5.56 Å². The van der Waals surface area contributed by atoms with Gasteiger partial charge in [-0.1, -0.05) is 0 Å². The van der Waals surface area contributed by atoms with E-state index in [0.29, 0.717) is 30.8 Å². The standard InChI is InChI=1S/C20H21N3O5/c24-17-7-12(2-5-21-17)19(26)23-9-15-14(16-1-4-20(15,11-23)28-16)8-22-18(25)13-3-6-27-10-13/h2-3,5-7,10,14-16H,1,4,8-9,11H2,(H,21,24)(H,22,25)/t14-,15+,16+,20+/m0/s1. The minimum absolute atomic E-state index is 0.117. The molecule has 0 saturated carbocycles. The molecule has 0 radical (unpaired) electrons. The minimum Gasteiger partial charge on any atom is -0.472 e. The van der Waals surface area contributed by atoms with Gasteiger partial charge in [0.05, 0.1) is 30.1 Å². The summed E-state index contributed by atoms with van der Waals surface area (Å²) in [5, 5.41) is 2.98. The molecule has 0 aliphatic carbocycles. The van der Waals surface area contributed by atoms with Crippen LogP contribution in [0, 0.1) is 11.8 Å². The third kappa shape index (κ3) is 2.67. The van der Waals surface area contributed by atoms with Crippen molar-refractivity contribution in [1.82, 2.24) is 15.2 Å². The van der Waals surface area contributed by atoms with Crippen LogP contribution < -0.4 is 10.9 Å². The van der Waals surface area contributed by atoms with Gasteiger partial charge < -0.3 is 24.4 Å². The molecule has 8 heteroatoms. The van der Waals surface area contributed by atoms with Crippen LogP contribution in [0.2, 0.25) is 0 Å². The molecule has 4 atom stereocenters. The van der Waals surface area contributed by atoms with E-state index < -0.39 is 0 Å². The van der Waals surface area contributed by atoms with E-state index in [9.17, 15) is 14.4 Å². The molecule has 3 saturated heterocycles. The second kappa shape index (κ2) is 6.34. The maximum absolute atomic E-state index is 12.9. The van der Waals surface area contributed by atoms with E-state index in [0.717, 1.165) is 12.8 Å². The van der Waals surface area contributed by atoms with Crippen molar-refractivity contribution in [2.45, 2.75) is 24.5 Å². The molecule has 8 nitrogen and oxygen atoms in total. The van der Waals surface area contributed by atoms with Gasteiger partial charge in [0, 0.05) is 42.8 Å². The van der Waals surface area contributed by atoms with Crippen molar-refractivity contribution < 1.29 is 18.7 Å². The van der Waals surface area contributed by atoms with E-state index in [1.54, 1.807) is 17.0 Å². The average molecular weight is 383 g/mol. The number of amides is 2. The number of fused-ring (bicyclic) bond motifs is 1. The van der Waals surface area contributed by atoms with Crippen LogP contribution in [-0.2, 0) is 4.74 Å². The third-order valence-corrected chi connectivity index (χ3v) is 6.37. The molecule has 0 aromatic carbocycles. The fourth-order valence-electron chi connectivity index (χ4n) is 5.08. The molecule has 2 amide bonds. The number of hydrogen-bond donors (Lipinski definition) is 2. The molecule has 3 fully saturated rings. The van der Waals surface area contributed by atoms with Crippen molar-refractivity contribution in [3.63, 3.8) is 0 Å². The lowest BCUT2D eigenvalue weighted by Gasteiger charge is -2.29. The highest BCUT2D eigenvalue weighted by molar-refractivity contribution is 5.94. The quantitative estimate of drug-likeness (QED) is 0.820. The second-order valence-electron chi connectivity index (χ2n) is 7.88. The van der Waals surface area contributed by atoms with Gasteiger partial charge in [-0.05, 0) is 25.0 Å². The van der Waals surface area contributed by atoms with Crippen LogP contribution in [0.4, 0.5) is 0 Å². The summed E-state index contributed by atoms with van der Waals surface area (Å²) in [6, 6.07) is 4.58. The molecule has 0 unspecified atom stereocenters.